The van der Waals surface area contributed by atoms with Gasteiger partial charge in [-0.05, 0) is 49.4 Å². The van der Waals surface area contributed by atoms with Crippen molar-refractivity contribution in [2.75, 3.05) is 24.4 Å². The molecular weight excluding hydrogens is 390 g/mol. The minimum Gasteiger partial charge on any atom is -0.497 e. The van der Waals surface area contributed by atoms with Gasteiger partial charge >= 0.3 is 11.7 Å². The predicted octanol–water partition coefficient (Wildman–Crippen LogP) is 4.06. The van der Waals surface area contributed by atoms with E-state index in [0.29, 0.717) is 22.7 Å². The Bertz CT molecular complexity index is 1060. The molecule has 10 nitrogen and oxygen atoms in total. The van der Waals surface area contributed by atoms with Crippen molar-refractivity contribution in [2.24, 2.45) is 0 Å². The molecule has 0 saturated heterocycles. The number of aromatic nitrogens is 2. The molecule has 10 heteroatoms. The van der Waals surface area contributed by atoms with Crippen LogP contribution in [0.5, 0.6) is 5.75 Å². The maximum absolute atomic E-state index is 11.9. The molecule has 1 heterocycles. The fraction of sp³-hybridized carbons (Fsp3) is 0.150. The zero-order valence-electron chi connectivity index (χ0n) is 16.3. The predicted molar refractivity (Wildman–Crippen MR) is 111 cm³/mol. The number of nitrogens with one attached hydrogen (secondary N) is 2. The Labute approximate surface area is 172 Å². The molecule has 0 radical (unpaired) electrons. The molecular formula is C20H19N5O5. The van der Waals surface area contributed by atoms with Gasteiger partial charge in [0.1, 0.15) is 12.1 Å². The van der Waals surface area contributed by atoms with Crippen molar-refractivity contribution < 1.29 is 19.2 Å². The number of rotatable bonds is 8. The van der Waals surface area contributed by atoms with E-state index in [0.717, 1.165) is 0 Å². The van der Waals surface area contributed by atoms with Crippen LogP contribution >= 0.6 is 0 Å². The van der Waals surface area contributed by atoms with Gasteiger partial charge in [-0.25, -0.2) is 14.8 Å². The Morgan fingerprint density at radius 2 is 1.73 bits per heavy atom. The molecule has 30 heavy (non-hydrogen) atoms. The third-order valence-corrected chi connectivity index (χ3v) is 3.99. The van der Waals surface area contributed by atoms with Crippen LogP contribution in [0.15, 0.2) is 54.9 Å². The summed E-state index contributed by atoms with van der Waals surface area (Å²) in [4.78, 5) is 31.1. The number of ether oxygens (including phenoxy) is 2. The second-order valence-electron chi connectivity index (χ2n) is 5.96. The van der Waals surface area contributed by atoms with Gasteiger partial charge in [-0.2, -0.15) is 0 Å². The van der Waals surface area contributed by atoms with Crippen LogP contribution in [0.25, 0.3) is 0 Å². The third-order valence-electron chi connectivity index (χ3n) is 3.99. The number of nitrogens with zero attached hydrogens (tertiary/aromatic N) is 3. The Morgan fingerprint density at radius 1 is 1.07 bits per heavy atom. The maximum Gasteiger partial charge on any atom is 0.353 e. The minimum absolute atomic E-state index is 0.0178. The van der Waals surface area contributed by atoms with Gasteiger partial charge in [0.05, 0.1) is 24.2 Å². The van der Waals surface area contributed by atoms with Gasteiger partial charge in [-0.3, -0.25) is 10.1 Å². The molecule has 1 aromatic heterocycles. The normalized spacial score (nSPS) is 10.2. The lowest BCUT2D eigenvalue weighted by Crippen LogP contribution is -2.07. The van der Waals surface area contributed by atoms with E-state index in [-0.39, 0.29) is 23.9 Å². The molecule has 3 rings (SSSR count). The summed E-state index contributed by atoms with van der Waals surface area (Å²) in [7, 11) is 1.55. The van der Waals surface area contributed by atoms with Crippen molar-refractivity contribution in [2.45, 2.75) is 6.92 Å². The second kappa shape index (κ2) is 9.32. The van der Waals surface area contributed by atoms with Gasteiger partial charge in [-0.15, -0.1) is 0 Å². The van der Waals surface area contributed by atoms with E-state index < -0.39 is 10.9 Å². The molecule has 2 aromatic carbocycles. The number of nitro groups is 1. The monoisotopic (exact) mass is 409 g/mol. The summed E-state index contributed by atoms with van der Waals surface area (Å²) in [6.07, 6.45) is 1.20. The first-order valence-corrected chi connectivity index (χ1v) is 8.96. The highest BCUT2D eigenvalue weighted by Gasteiger charge is 2.23. The van der Waals surface area contributed by atoms with E-state index in [1.807, 2.05) is 0 Å². The summed E-state index contributed by atoms with van der Waals surface area (Å²) < 4.78 is 10.1. The van der Waals surface area contributed by atoms with E-state index in [1.54, 1.807) is 56.5 Å². The number of carbonyl (C=O) groups is 1. The van der Waals surface area contributed by atoms with Crippen molar-refractivity contribution in [3.63, 3.8) is 0 Å². The van der Waals surface area contributed by atoms with Crippen molar-refractivity contribution in [1.82, 2.24) is 9.97 Å². The number of benzene rings is 2. The van der Waals surface area contributed by atoms with Crippen molar-refractivity contribution >= 4 is 34.7 Å². The quantitative estimate of drug-likeness (QED) is 0.321. The van der Waals surface area contributed by atoms with E-state index in [2.05, 4.69) is 20.6 Å². The third kappa shape index (κ3) is 4.79. The lowest BCUT2D eigenvalue weighted by molar-refractivity contribution is -0.383. The van der Waals surface area contributed by atoms with Crippen molar-refractivity contribution in [3.05, 3.63) is 70.5 Å². The molecule has 2 N–H and O–H groups in total. The molecule has 0 unspecified atom stereocenters. The molecule has 0 aliphatic carbocycles. The zero-order chi connectivity index (χ0) is 21.5. The van der Waals surface area contributed by atoms with Gasteiger partial charge in [0.2, 0.25) is 11.6 Å². The highest BCUT2D eigenvalue weighted by Crippen LogP contribution is 2.33. The number of anilines is 4. The Morgan fingerprint density at radius 3 is 2.33 bits per heavy atom. The number of hydrogen-bond donors (Lipinski definition) is 2. The van der Waals surface area contributed by atoms with Crippen LogP contribution in [0.1, 0.15) is 17.3 Å². The topological polar surface area (TPSA) is 129 Å². The highest BCUT2D eigenvalue weighted by atomic mass is 16.6. The van der Waals surface area contributed by atoms with E-state index in [4.69, 9.17) is 9.47 Å². The molecule has 0 amide bonds. The largest absolute Gasteiger partial charge is 0.497 e. The molecule has 3 aromatic rings. The second-order valence-corrected chi connectivity index (χ2v) is 5.96. The van der Waals surface area contributed by atoms with Gasteiger partial charge in [0.25, 0.3) is 0 Å². The van der Waals surface area contributed by atoms with Crippen LogP contribution in [-0.2, 0) is 4.74 Å². The summed E-state index contributed by atoms with van der Waals surface area (Å²) in [6.45, 7) is 1.95. The summed E-state index contributed by atoms with van der Waals surface area (Å²) in [5.74, 6) is 0.165. The van der Waals surface area contributed by atoms with E-state index >= 15 is 0 Å². The SMILES string of the molecule is CCOC(=O)c1cccc(Nc2ncnc(Nc3ccc(OC)cc3)c2[N+](=O)[O-])c1. The molecule has 0 fully saturated rings. The minimum atomic E-state index is -0.580. The smallest absolute Gasteiger partial charge is 0.353 e. The fourth-order valence-electron chi connectivity index (χ4n) is 2.62. The number of esters is 1. The summed E-state index contributed by atoms with van der Waals surface area (Å²) in [6, 6.07) is 13.3. The lowest BCUT2D eigenvalue weighted by Gasteiger charge is -2.11. The first-order chi connectivity index (χ1) is 14.5. The van der Waals surface area contributed by atoms with Crippen molar-refractivity contribution in [3.8, 4) is 5.75 Å². The summed E-state index contributed by atoms with van der Waals surface area (Å²) in [5.41, 5.74) is 1.01. The maximum atomic E-state index is 11.9. The van der Waals surface area contributed by atoms with Crippen LogP contribution in [0.3, 0.4) is 0 Å². The van der Waals surface area contributed by atoms with Gasteiger partial charge in [0, 0.05) is 11.4 Å². The number of hydrogen-bond acceptors (Lipinski definition) is 9. The van der Waals surface area contributed by atoms with Crippen LogP contribution < -0.4 is 15.4 Å². The van der Waals surface area contributed by atoms with E-state index in [9.17, 15) is 14.9 Å². The van der Waals surface area contributed by atoms with Crippen LogP contribution in [0, 0.1) is 10.1 Å². The Kier molecular flexibility index (Phi) is 6.38. The van der Waals surface area contributed by atoms with Crippen LogP contribution in [-0.4, -0.2) is 34.6 Å². The molecule has 154 valence electrons. The average molecular weight is 409 g/mol. The Hall–Kier alpha value is -4.21. The lowest BCUT2D eigenvalue weighted by atomic mass is 10.2. The molecule has 0 spiro atoms. The van der Waals surface area contributed by atoms with E-state index in [1.165, 1.54) is 12.4 Å². The van der Waals surface area contributed by atoms with Crippen molar-refractivity contribution in [1.29, 1.82) is 0 Å². The Balaban J connectivity index is 1.90. The fourth-order valence-corrected chi connectivity index (χ4v) is 2.62. The molecule has 0 atom stereocenters. The molecule has 0 saturated carbocycles. The molecule has 0 aliphatic heterocycles. The molecule has 0 bridgehead atoms. The first kappa shape index (κ1) is 20.5. The summed E-state index contributed by atoms with van der Waals surface area (Å²) >= 11 is 0. The summed E-state index contributed by atoms with van der Waals surface area (Å²) in [5, 5.41) is 17.5. The highest BCUT2D eigenvalue weighted by molar-refractivity contribution is 5.91. The number of methoxy groups -OCH3 is 1. The number of carbonyl (C=O) groups excluding carboxylic acids is 1. The standard InChI is InChI=1S/C20H19N5O5/c1-3-30-20(26)13-5-4-6-15(11-13)24-19-17(25(27)28)18(21-12-22-19)23-14-7-9-16(29-2)10-8-14/h4-12H,3H2,1-2H3,(H2,21,22,23,24). The first-order valence-electron chi connectivity index (χ1n) is 8.96. The van der Waals surface area contributed by atoms with Crippen LogP contribution in [0.2, 0.25) is 0 Å². The van der Waals surface area contributed by atoms with Crippen LogP contribution in [0.4, 0.5) is 28.7 Å². The average Bonchev–Trinajstić information content (AvgIpc) is 2.74. The van der Waals surface area contributed by atoms with Gasteiger partial charge < -0.3 is 20.1 Å². The zero-order valence-corrected chi connectivity index (χ0v) is 16.3. The molecule has 0 aliphatic rings. The van der Waals surface area contributed by atoms with Gasteiger partial charge in [0.15, 0.2) is 0 Å². The van der Waals surface area contributed by atoms with Gasteiger partial charge in [-0.1, -0.05) is 6.07 Å².